The van der Waals surface area contributed by atoms with E-state index in [4.69, 9.17) is 5.11 Å². The van der Waals surface area contributed by atoms with Crippen molar-refractivity contribution in [3.63, 3.8) is 0 Å². The Labute approximate surface area is 156 Å². The summed E-state index contributed by atoms with van der Waals surface area (Å²) in [7, 11) is 0. The highest BCUT2D eigenvalue weighted by molar-refractivity contribution is 5.95. The Morgan fingerprint density at radius 3 is 2.46 bits per heavy atom. The Balaban J connectivity index is 2.32. The SMILES string of the molecule is CC/C=C\C/C=C/C/C=C\C[C@@H](O)/C=C/[C@@H]1C=CC(=O)[C@H]1CCC(=O)O. The second-order valence-electron chi connectivity index (χ2n) is 6.36. The monoisotopic (exact) mass is 358 g/mol. The van der Waals surface area contributed by atoms with E-state index in [2.05, 4.69) is 31.2 Å². The lowest BCUT2D eigenvalue weighted by atomic mass is 9.89. The molecule has 0 aromatic rings. The van der Waals surface area contributed by atoms with E-state index in [0.717, 1.165) is 19.3 Å². The molecule has 1 aliphatic rings. The maximum Gasteiger partial charge on any atom is 0.303 e. The number of carboxylic acid groups (broad SMARTS) is 1. The summed E-state index contributed by atoms with van der Waals surface area (Å²) in [6.07, 6.45) is 22.3. The van der Waals surface area contributed by atoms with Gasteiger partial charge in [-0.1, -0.05) is 61.6 Å². The van der Waals surface area contributed by atoms with Crippen molar-refractivity contribution in [3.8, 4) is 0 Å². The molecule has 3 atom stereocenters. The topological polar surface area (TPSA) is 74.6 Å². The first kappa shape index (κ1) is 21.8. The van der Waals surface area contributed by atoms with Gasteiger partial charge in [0.25, 0.3) is 0 Å². The summed E-state index contributed by atoms with van der Waals surface area (Å²) >= 11 is 0. The zero-order valence-corrected chi connectivity index (χ0v) is 15.5. The molecule has 0 aromatic heterocycles. The molecular weight excluding hydrogens is 328 g/mol. The average Bonchev–Trinajstić information content (AvgIpc) is 2.96. The van der Waals surface area contributed by atoms with Gasteiger partial charge in [-0.2, -0.15) is 0 Å². The lowest BCUT2D eigenvalue weighted by molar-refractivity contribution is -0.137. The summed E-state index contributed by atoms with van der Waals surface area (Å²) in [5.74, 6) is -1.37. The second kappa shape index (κ2) is 13.1. The van der Waals surface area contributed by atoms with Crippen molar-refractivity contribution >= 4 is 11.8 Å². The largest absolute Gasteiger partial charge is 0.481 e. The van der Waals surface area contributed by atoms with Crippen LogP contribution in [0.4, 0.5) is 0 Å². The van der Waals surface area contributed by atoms with E-state index in [1.807, 2.05) is 18.2 Å². The second-order valence-corrected chi connectivity index (χ2v) is 6.36. The third kappa shape index (κ3) is 9.33. The summed E-state index contributed by atoms with van der Waals surface area (Å²) in [4.78, 5) is 22.5. The molecule has 0 amide bonds. The lowest BCUT2D eigenvalue weighted by Gasteiger charge is -2.14. The van der Waals surface area contributed by atoms with Crippen LogP contribution in [-0.4, -0.2) is 28.1 Å². The third-order valence-corrected chi connectivity index (χ3v) is 4.20. The molecule has 1 rings (SSSR count). The molecule has 0 aliphatic heterocycles. The van der Waals surface area contributed by atoms with Crippen molar-refractivity contribution in [1.82, 2.24) is 0 Å². The number of allylic oxidation sites excluding steroid dienone is 8. The van der Waals surface area contributed by atoms with Crippen molar-refractivity contribution in [3.05, 3.63) is 60.8 Å². The molecule has 4 heteroatoms. The van der Waals surface area contributed by atoms with Gasteiger partial charge in [0.1, 0.15) is 0 Å². The quantitative estimate of drug-likeness (QED) is 0.507. The molecule has 2 N–H and O–H groups in total. The Morgan fingerprint density at radius 1 is 1.15 bits per heavy atom. The Hall–Kier alpha value is -2.20. The van der Waals surface area contributed by atoms with E-state index in [-0.39, 0.29) is 24.0 Å². The van der Waals surface area contributed by atoms with Crippen LogP contribution in [0.15, 0.2) is 60.8 Å². The molecule has 0 heterocycles. The van der Waals surface area contributed by atoms with Gasteiger partial charge in [0.05, 0.1) is 6.10 Å². The maximum absolute atomic E-state index is 11.8. The van der Waals surface area contributed by atoms with Gasteiger partial charge in [0.15, 0.2) is 5.78 Å². The lowest BCUT2D eigenvalue weighted by Crippen LogP contribution is -2.16. The van der Waals surface area contributed by atoms with E-state index >= 15 is 0 Å². The van der Waals surface area contributed by atoms with Crippen LogP contribution in [0, 0.1) is 11.8 Å². The van der Waals surface area contributed by atoms with Crippen molar-refractivity contribution in [2.45, 2.75) is 51.6 Å². The number of ketones is 1. The van der Waals surface area contributed by atoms with Crippen LogP contribution < -0.4 is 0 Å². The van der Waals surface area contributed by atoms with Crippen molar-refractivity contribution in [2.24, 2.45) is 11.8 Å². The summed E-state index contributed by atoms with van der Waals surface area (Å²) in [5.41, 5.74) is 0. The molecular formula is C22H30O4. The molecule has 0 fully saturated rings. The van der Waals surface area contributed by atoms with Gasteiger partial charge in [-0.3, -0.25) is 9.59 Å². The zero-order valence-electron chi connectivity index (χ0n) is 15.5. The number of rotatable bonds is 12. The molecule has 0 unspecified atom stereocenters. The minimum absolute atomic E-state index is 0.0184. The smallest absolute Gasteiger partial charge is 0.303 e. The molecule has 26 heavy (non-hydrogen) atoms. The number of carboxylic acids is 1. The van der Waals surface area contributed by atoms with Gasteiger partial charge in [0, 0.05) is 18.3 Å². The van der Waals surface area contributed by atoms with Crippen LogP contribution in [-0.2, 0) is 9.59 Å². The molecule has 4 nitrogen and oxygen atoms in total. The highest BCUT2D eigenvalue weighted by Gasteiger charge is 2.28. The van der Waals surface area contributed by atoms with Gasteiger partial charge < -0.3 is 10.2 Å². The Kier molecular flexibility index (Phi) is 11.0. The third-order valence-electron chi connectivity index (χ3n) is 4.20. The van der Waals surface area contributed by atoms with Crippen LogP contribution >= 0.6 is 0 Å². The van der Waals surface area contributed by atoms with E-state index in [1.54, 1.807) is 12.2 Å². The normalized spacial score (nSPS) is 21.8. The standard InChI is InChI=1S/C22H30O4/c1-2-3-4-5-6-7-8-9-10-11-19(23)14-12-18-13-16-21(24)20(18)15-17-22(25)26/h3-4,6-7,9-10,12-14,16,18-20,23H,2,5,8,11,15,17H2,1H3,(H,25,26)/b4-3-,7-6+,10-9-,14-12+/t18-,19-,20+/m1/s1. The summed E-state index contributed by atoms with van der Waals surface area (Å²) in [6.45, 7) is 2.11. The number of aliphatic carboxylic acids is 1. The predicted octanol–water partition coefficient (Wildman–Crippen LogP) is 4.39. The predicted molar refractivity (Wildman–Crippen MR) is 105 cm³/mol. The molecule has 0 saturated heterocycles. The fourth-order valence-corrected chi connectivity index (χ4v) is 2.74. The molecule has 1 aliphatic carbocycles. The van der Waals surface area contributed by atoms with Gasteiger partial charge in [-0.05, 0) is 38.2 Å². The Bertz CT molecular complexity index is 581. The first-order valence-corrected chi connectivity index (χ1v) is 9.29. The molecule has 0 spiro atoms. The van der Waals surface area contributed by atoms with Crippen molar-refractivity contribution in [2.75, 3.05) is 0 Å². The van der Waals surface area contributed by atoms with Crippen molar-refractivity contribution in [1.29, 1.82) is 0 Å². The summed E-state index contributed by atoms with van der Waals surface area (Å²) < 4.78 is 0. The van der Waals surface area contributed by atoms with Gasteiger partial charge in [-0.15, -0.1) is 0 Å². The number of carbonyl (C=O) groups is 2. The first-order valence-electron chi connectivity index (χ1n) is 9.29. The minimum Gasteiger partial charge on any atom is -0.481 e. The minimum atomic E-state index is -0.895. The summed E-state index contributed by atoms with van der Waals surface area (Å²) in [6, 6.07) is 0. The number of aliphatic hydroxyl groups is 1. The fraction of sp³-hybridized carbons (Fsp3) is 0.455. The highest BCUT2D eigenvalue weighted by Crippen LogP contribution is 2.28. The maximum atomic E-state index is 11.8. The summed E-state index contributed by atoms with van der Waals surface area (Å²) in [5, 5.41) is 18.8. The number of aliphatic hydroxyl groups excluding tert-OH is 1. The van der Waals surface area contributed by atoms with Gasteiger partial charge in [-0.25, -0.2) is 0 Å². The van der Waals surface area contributed by atoms with E-state index in [9.17, 15) is 14.7 Å². The van der Waals surface area contributed by atoms with Crippen LogP contribution in [0.2, 0.25) is 0 Å². The van der Waals surface area contributed by atoms with E-state index in [1.165, 1.54) is 6.08 Å². The van der Waals surface area contributed by atoms with Gasteiger partial charge in [0.2, 0.25) is 0 Å². The van der Waals surface area contributed by atoms with Crippen LogP contribution in [0.25, 0.3) is 0 Å². The molecule has 142 valence electrons. The first-order chi connectivity index (χ1) is 12.5. The van der Waals surface area contributed by atoms with E-state index < -0.39 is 12.1 Å². The molecule has 0 saturated carbocycles. The number of hydrogen-bond donors (Lipinski definition) is 2. The van der Waals surface area contributed by atoms with Crippen molar-refractivity contribution < 1.29 is 19.8 Å². The zero-order chi connectivity index (χ0) is 19.2. The highest BCUT2D eigenvalue weighted by atomic mass is 16.4. The van der Waals surface area contributed by atoms with Gasteiger partial charge >= 0.3 is 5.97 Å². The van der Waals surface area contributed by atoms with Crippen LogP contribution in [0.5, 0.6) is 0 Å². The molecule has 0 aromatic carbocycles. The van der Waals surface area contributed by atoms with Crippen LogP contribution in [0.3, 0.4) is 0 Å². The number of carbonyl (C=O) groups excluding carboxylic acids is 1. The Morgan fingerprint density at radius 2 is 1.81 bits per heavy atom. The fourth-order valence-electron chi connectivity index (χ4n) is 2.74. The molecule has 0 bridgehead atoms. The average molecular weight is 358 g/mol. The van der Waals surface area contributed by atoms with Crippen LogP contribution in [0.1, 0.15) is 45.4 Å². The molecule has 0 radical (unpaired) electrons. The number of hydrogen-bond acceptors (Lipinski definition) is 3. The van der Waals surface area contributed by atoms with E-state index in [0.29, 0.717) is 12.8 Å².